The summed E-state index contributed by atoms with van der Waals surface area (Å²) in [6.45, 7) is 6.23. The molecule has 1 saturated heterocycles. The second-order valence-electron chi connectivity index (χ2n) is 10.2. The number of fused-ring (bicyclic) bond motifs is 2. The van der Waals surface area contributed by atoms with Crippen LogP contribution in [0.2, 0.25) is 0 Å². The van der Waals surface area contributed by atoms with Crippen molar-refractivity contribution >= 4 is 17.5 Å². The number of aromatic nitrogens is 4. The lowest BCUT2D eigenvalue weighted by Gasteiger charge is -2.37. The third-order valence-electron chi connectivity index (χ3n) is 6.79. The summed E-state index contributed by atoms with van der Waals surface area (Å²) < 4.78 is 38.9. The van der Waals surface area contributed by atoms with Crippen molar-refractivity contribution in [3.63, 3.8) is 0 Å². The lowest BCUT2D eigenvalue weighted by molar-refractivity contribution is -0.188. The molecule has 1 N–H and O–H groups in total. The molecule has 172 valence electrons. The van der Waals surface area contributed by atoms with E-state index in [0.29, 0.717) is 18.5 Å². The first kappa shape index (κ1) is 20.5. The molecule has 3 aromatic rings. The van der Waals surface area contributed by atoms with Crippen LogP contribution in [0.1, 0.15) is 44.9 Å². The van der Waals surface area contributed by atoms with Crippen LogP contribution in [0.5, 0.6) is 0 Å². The normalized spacial score (nSPS) is 20.3. The van der Waals surface area contributed by atoms with Crippen molar-refractivity contribution in [2.45, 2.75) is 50.2 Å². The molecule has 8 nitrogen and oxygen atoms in total. The van der Waals surface area contributed by atoms with Crippen LogP contribution < -0.4 is 4.90 Å². The zero-order chi connectivity index (χ0) is 23.3. The van der Waals surface area contributed by atoms with E-state index in [1.165, 1.54) is 10.9 Å². The molecule has 1 aromatic carbocycles. The number of ether oxygens (including phenoxy) is 1. The smallest absolute Gasteiger partial charge is 0.260 e. The largest absolute Gasteiger partial charge is 0.379 e. The number of aliphatic hydroxyl groups is 1. The second-order valence-corrected chi connectivity index (χ2v) is 10.2. The zero-order valence-electron chi connectivity index (χ0n) is 18.5. The lowest BCUT2D eigenvalue weighted by atomic mass is 9.90. The van der Waals surface area contributed by atoms with Crippen molar-refractivity contribution < 1.29 is 23.4 Å². The number of carbonyl (C=O) groups is 1. The Balaban J connectivity index is 1.44. The van der Waals surface area contributed by atoms with Gasteiger partial charge in [0, 0.05) is 18.3 Å². The van der Waals surface area contributed by atoms with Crippen molar-refractivity contribution in [1.82, 2.24) is 19.3 Å². The fraction of sp³-hybridized carbons (Fsp3) is 0.435. The summed E-state index contributed by atoms with van der Waals surface area (Å²) >= 11 is 0. The van der Waals surface area contributed by atoms with E-state index in [-0.39, 0.29) is 30.3 Å². The second kappa shape index (κ2) is 6.27. The molecule has 1 saturated carbocycles. The van der Waals surface area contributed by atoms with Gasteiger partial charge in [-0.15, -0.1) is 0 Å². The first-order valence-electron chi connectivity index (χ1n) is 10.8. The zero-order valence-corrected chi connectivity index (χ0v) is 18.5. The maximum absolute atomic E-state index is 15.4. The molecule has 10 heteroatoms. The Hall–Kier alpha value is -3.11. The van der Waals surface area contributed by atoms with Crippen LogP contribution in [0.3, 0.4) is 0 Å². The highest BCUT2D eigenvalue weighted by atomic mass is 19.1. The average Bonchev–Trinajstić information content (AvgIpc) is 3.08. The third-order valence-corrected chi connectivity index (χ3v) is 6.79. The summed E-state index contributed by atoms with van der Waals surface area (Å²) in [6.07, 6.45) is 5.88. The molecule has 2 aromatic heterocycles. The summed E-state index contributed by atoms with van der Waals surface area (Å²) in [7, 11) is 0. The molecule has 1 aliphatic carbocycles. The van der Waals surface area contributed by atoms with E-state index in [1.54, 1.807) is 17.0 Å². The van der Waals surface area contributed by atoms with Gasteiger partial charge in [-0.3, -0.25) is 9.36 Å². The summed E-state index contributed by atoms with van der Waals surface area (Å²) in [5, 5.41) is 15.0. The van der Waals surface area contributed by atoms with Gasteiger partial charge in [0.05, 0.1) is 37.0 Å². The molecular formula is C23H23F2N5O3. The monoisotopic (exact) mass is 455 g/mol. The quantitative estimate of drug-likeness (QED) is 0.656. The number of hydrogen-bond donors (Lipinski definition) is 1. The molecule has 4 heterocycles. The maximum atomic E-state index is 15.4. The molecule has 1 spiro atoms. The fourth-order valence-electron chi connectivity index (χ4n) is 4.59. The van der Waals surface area contributed by atoms with Gasteiger partial charge in [0.2, 0.25) is 5.95 Å². The standard InChI is InChI=1S/C23H23F2N5O3/c1-21(2,3)13-8-27-28(10-13)14-6-15(24)18(16(25)7-14)29-19(31)22(4-5-22)30-17(9-26-20(29)30)23(32)11-33-12-23/h6-10,32H,4-5,11-12H2,1-3H3. The van der Waals surface area contributed by atoms with E-state index in [2.05, 4.69) is 10.1 Å². The Morgan fingerprint density at radius 2 is 1.79 bits per heavy atom. The lowest BCUT2D eigenvalue weighted by Crippen LogP contribution is -2.48. The van der Waals surface area contributed by atoms with Crippen molar-refractivity contribution in [3.8, 4) is 5.69 Å². The highest BCUT2D eigenvalue weighted by Crippen LogP contribution is 2.56. The Kier molecular flexibility index (Phi) is 3.89. The van der Waals surface area contributed by atoms with Crippen LogP contribution in [0.4, 0.5) is 20.4 Å². The molecule has 0 bridgehead atoms. The van der Waals surface area contributed by atoms with E-state index in [4.69, 9.17) is 4.74 Å². The van der Waals surface area contributed by atoms with Gasteiger partial charge in [0.15, 0.2) is 17.2 Å². The molecule has 0 atom stereocenters. The number of amides is 1. The van der Waals surface area contributed by atoms with Gasteiger partial charge < -0.3 is 9.84 Å². The Morgan fingerprint density at radius 1 is 1.12 bits per heavy atom. The van der Waals surface area contributed by atoms with Crippen LogP contribution in [0.25, 0.3) is 5.69 Å². The fourth-order valence-corrected chi connectivity index (χ4v) is 4.59. The number of carbonyl (C=O) groups excluding carboxylic acids is 1. The number of rotatable bonds is 3. The minimum absolute atomic E-state index is 0.0836. The number of imidazole rings is 1. The number of halogens is 2. The van der Waals surface area contributed by atoms with E-state index >= 15 is 8.78 Å². The minimum atomic E-state index is -1.26. The Bertz CT molecular complexity index is 1290. The van der Waals surface area contributed by atoms with Gasteiger partial charge in [-0.1, -0.05) is 20.8 Å². The average molecular weight is 455 g/mol. The minimum Gasteiger partial charge on any atom is -0.379 e. The Morgan fingerprint density at radius 3 is 2.30 bits per heavy atom. The van der Waals surface area contributed by atoms with Crippen molar-refractivity contribution in [1.29, 1.82) is 0 Å². The molecule has 0 unspecified atom stereocenters. The Labute approximate surface area is 188 Å². The molecule has 2 aliphatic heterocycles. The number of benzene rings is 1. The van der Waals surface area contributed by atoms with E-state index in [0.717, 1.165) is 22.6 Å². The van der Waals surface area contributed by atoms with E-state index in [9.17, 15) is 9.90 Å². The van der Waals surface area contributed by atoms with Crippen molar-refractivity contribution in [2.24, 2.45) is 0 Å². The van der Waals surface area contributed by atoms with Crippen LogP contribution >= 0.6 is 0 Å². The van der Waals surface area contributed by atoms with Crippen LogP contribution in [0, 0.1) is 11.6 Å². The van der Waals surface area contributed by atoms with Crippen LogP contribution in [-0.4, -0.2) is 43.6 Å². The molecule has 0 radical (unpaired) electrons. The van der Waals surface area contributed by atoms with Gasteiger partial charge in [0.1, 0.15) is 11.2 Å². The summed E-state index contributed by atoms with van der Waals surface area (Å²) in [6, 6.07) is 2.31. The third kappa shape index (κ3) is 2.70. The van der Waals surface area contributed by atoms with Gasteiger partial charge in [-0.2, -0.15) is 5.10 Å². The number of hydrogen-bond acceptors (Lipinski definition) is 5. The van der Waals surface area contributed by atoms with Crippen LogP contribution in [0.15, 0.2) is 30.7 Å². The van der Waals surface area contributed by atoms with Crippen molar-refractivity contribution in [3.05, 3.63) is 53.6 Å². The van der Waals surface area contributed by atoms with Gasteiger partial charge >= 0.3 is 0 Å². The molecule has 33 heavy (non-hydrogen) atoms. The van der Waals surface area contributed by atoms with Gasteiger partial charge in [-0.25, -0.2) is 23.3 Å². The molecule has 2 fully saturated rings. The predicted molar refractivity (Wildman–Crippen MR) is 113 cm³/mol. The van der Waals surface area contributed by atoms with E-state index < -0.39 is 34.4 Å². The number of anilines is 2. The summed E-state index contributed by atoms with van der Waals surface area (Å²) in [5.74, 6) is -2.14. The molecular weight excluding hydrogens is 432 g/mol. The predicted octanol–water partition coefficient (Wildman–Crippen LogP) is 3.03. The van der Waals surface area contributed by atoms with Gasteiger partial charge in [-0.05, 0) is 23.8 Å². The highest BCUT2D eigenvalue weighted by Gasteiger charge is 2.63. The number of nitrogens with zero attached hydrogens (tertiary/aromatic N) is 5. The topological polar surface area (TPSA) is 85.4 Å². The maximum Gasteiger partial charge on any atom is 0.260 e. The van der Waals surface area contributed by atoms with Crippen molar-refractivity contribution in [2.75, 3.05) is 18.1 Å². The van der Waals surface area contributed by atoms with Crippen LogP contribution in [-0.2, 0) is 26.1 Å². The molecule has 1 amide bonds. The summed E-state index contributed by atoms with van der Waals surface area (Å²) in [5.41, 5.74) is -1.31. The molecule has 6 rings (SSSR count). The first-order chi connectivity index (χ1) is 15.6. The summed E-state index contributed by atoms with van der Waals surface area (Å²) in [4.78, 5) is 18.6. The first-order valence-corrected chi connectivity index (χ1v) is 10.8. The molecule has 3 aliphatic rings. The van der Waals surface area contributed by atoms with E-state index in [1.807, 2.05) is 20.8 Å². The SMILES string of the molecule is CC(C)(C)c1cnn(-c2cc(F)c(N3C(=O)C4(CC4)n4c(C5(O)COC5)cnc43)c(F)c2)c1. The van der Waals surface area contributed by atoms with Gasteiger partial charge in [0.25, 0.3) is 5.91 Å². The highest BCUT2D eigenvalue weighted by molar-refractivity contribution is 6.09.